The quantitative estimate of drug-likeness (QED) is 0.107. The van der Waals surface area contributed by atoms with Crippen LogP contribution in [-0.2, 0) is 52.2 Å². The van der Waals surface area contributed by atoms with Gasteiger partial charge >= 0.3 is 0 Å². The molecule has 12 nitrogen and oxygen atoms in total. The van der Waals surface area contributed by atoms with Crippen LogP contribution >= 0.6 is 0 Å². The van der Waals surface area contributed by atoms with Crippen molar-refractivity contribution in [1.82, 2.24) is 5.32 Å². The Bertz CT molecular complexity index is 612. The van der Waals surface area contributed by atoms with Crippen LogP contribution in [-0.4, -0.2) is 145 Å². The van der Waals surface area contributed by atoms with Gasteiger partial charge in [0.05, 0.1) is 132 Å². The standard InChI is InChI=1S/C32H65NO11/c1-31(2,3)8-7-30(34)33-9-10-35-11-12-36-13-14-37-15-16-38-17-18-39-19-20-40-21-22-41-23-24-42-25-26-43-27-28-44-29-32(4,5)6/h7-29H2,1-6H3,(H,33,34). The van der Waals surface area contributed by atoms with Crippen molar-refractivity contribution in [3.8, 4) is 0 Å². The summed E-state index contributed by atoms with van der Waals surface area (Å²) in [6.07, 6.45) is 1.42. The first-order chi connectivity index (χ1) is 21.1. The van der Waals surface area contributed by atoms with Crippen molar-refractivity contribution in [1.29, 1.82) is 0 Å². The van der Waals surface area contributed by atoms with E-state index in [-0.39, 0.29) is 16.7 Å². The van der Waals surface area contributed by atoms with Gasteiger partial charge in [-0.05, 0) is 17.3 Å². The number of nitrogens with one attached hydrogen (secondary N) is 1. The van der Waals surface area contributed by atoms with Gasteiger partial charge in [-0.3, -0.25) is 4.79 Å². The second-order valence-corrected chi connectivity index (χ2v) is 12.5. The van der Waals surface area contributed by atoms with E-state index in [2.05, 4.69) is 46.9 Å². The lowest BCUT2D eigenvalue weighted by molar-refractivity contribution is -0.121. The lowest BCUT2D eigenvalue weighted by Crippen LogP contribution is -2.28. The number of amides is 1. The summed E-state index contributed by atoms with van der Waals surface area (Å²) < 4.78 is 54.8. The average Bonchev–Trinajstić information content (AvgIpc) is 2.95. The Kier molecular flexibility index (Phi) is 30.1. The largest absolute Gasteiger partial charge is 0.379 e. The summed E-state index contributed by atoms with van der Waals surface area (Å²) in [4.78, 5) is 11.7. The predicted octanol–water partition coefficient (Wildman–Crippen LogP) is 3.14. The Balaban J connectivity index is 3.12. The molecule has 0 heterocycles. The first-order valence-electron chi connectivity index (χ1n) is 16.1. The van der Waals surface area contributed by atoms with E-state index in [1.807, 2.05) is 0 Å². The van der Waals surface area contributed by atoms with E-state index in [0.29, 0.717) is 138 Å². The number of carbonyl (C=O) groups is 1. The highest BCUT2D eigenvalue weighted by Crippen LogP contribution is 2.20. The van der Waals surface area contributed by atoms with Gasteiger partial charge in [-0.25, -0.2) is 0 Å². The molecule has 1 amide bonds. The molecule has 44 heavy (non-hydrogen) atoms. The molecule has 1 N–H and O–H groups in total. The summed E-state index contributed by atoms with van der Waals surface area (Å²) in [5.41, 5.74) is 0.350. The molecule has 0 unspecified atom stereocenters. The van der Waals surface area contributed by atoms with Gasteiger partial charge in [0.1, 0.15) is 0 Å². The fourth-order valence-corrected chi connectivity index (χ4v) is 3.20. The SMILES string of the molecule is CC(C)(C)CCC(=O)NCCOCCOCCOCCOCCOCCOCCOCCOCCOCCOCC(C)(C)C. The van der Waals surface area contributed by atoms with E-state index < -0.39 is 0 Å². The van der Waals surface area contributed by atoms with Gasteiger partial charge in [-0.15, -0.1) is 0 Å². The summed E-state index contributed by atoms with van der Waals surface area (Å²) in [7, 11) is 0. The molecule has 0 fully saturated rings. The second-order valence-electron chi connectivity index (χ2n) is 12.5. The zero-order valence-corrected chi connectivity index (χ0v) is 28.8. The minimum Gasteiger partial charge on any atom is -0.379 e. The zero-order chi connectivity index (χ0) is 32.6. The van der Waals surface area contributed by atoms with E-state index in [1.165, 1.54) is 0 Å². The predicted molar refractivity (Wildman–Crippen MR) is 169 cm³/mol. The summed E-state index contributed by atoms with van der Waals surface area (Å²) in [5.74, 6) is 0.0706. The van der Waals surface area contributed by atoms with E-state index >= 15 is 0 Å². The molecule has 0 aromatic carbocycles. The minimum atomic E-state index is 0.0706. The zero-order valence-electron chi connectivity index (χ0n) is 28.8. The highest BCUT2D eigenvalue weighted by atomic mass is 16.6. The molecule has 0 aromatic heterocycles. The van der Waals surface area contributed by atoms with Crippen LogP contribution in [0.25, 0.3) is 0 Å². The summed E-state index contributed by atoms with van der Waals surface area (Å²) in [6, 6.07) is 0. The fraction of sp³-hybridized carbons (Fsp3) is 0.969. The Morgan fingerprint density at radius 2 is 0.682 bits per heavy atom. The third-order valence-electron chi connectivity index (χ3n) is 5.55. The van der Waals surface area contributed by atoms with Gasteiger partial charge in [-0.1, -0.05) is 41.5 Å². The van der Waals surface area contributed by atoms with Crippen molar-refractivity contribution < 1.29 is 52.2 Å². The van der Waals surface area contributed by atoms with Gasteiger partial charge in [0, 0.05) is 13.0 Å². The van der Waals surface area contributed by atoms with Crippen LogP contribution in [0.2, 0.25) is 0 Å². The molecule has 0 saturated heterocycles. The third kappa shape index (κ3) is 39.1. The summed E-state index contributed by atoms with van der Waals surface area (Å²) in [5, 5.41) is 2.87. The van der Waals surface area contributed by atoms with Crippen LogP contribution in [0, 0.1) is 10.8 Å². The van der Waals surface area contributed by atoms with E-state index in [1.54, 1.807) is 0 Å². The molecular formula is C32H65NO11. The fourth-order valence-electron chi connectivity index (χ4n) is 3.20. The van der Waals surface area contributed by atoms with Crippen molar-refractivity contribution in [2.24, 2.45) is 10.8 Å². The van der Waals surface area contributed by atoms with Crippen LogP contribution in [0.5, 0.6) is 0 Å². The molecule has 12 heteroatoms. The monoisotopic (exact) mass is 639 g/mol. The Morgan fingerprint density at radius 3 is 0.955 bits per heavy atom. The Morgan fingerprint density at radius 1 is 0.409 bits per heavy atom. The molecular weight excluding hydrogens is 574 g/mol. The van der Waals surface area contributed by atoms with Crippen LogP contribution in [0.15, 0.2) is 0 Å². The average molecular weight is 640 g/mol. The van der Waals surface area contributed by atoms with Crippen molar-refractivity contribution in [3.05, 3.63) is 0 Å². The van der Waals surface area contributed by atoms with Crippen LogP contribution < -0.4 is 5.32 Å². The molecule has 0 aliphatic rings. The number of carbonyl (C=O) groups excluding carboxylic acids is 1. The minimum absolute atomic E-state index is 0.0706. The molecule has 0 atom stereocenters. The molecule has 0 aliphatic heterocycles. The Hall–Kier alpha value is -0.930. The number of rotatable bonds is 33. The van der Waals surface area contributed by atoms with Gasteiger partial charge in [0.25, 0.3) is 0 Å². The molecule has 0 bridgehead atoms. The number of hydrogen-bond acceptors (Lipinski definition) is 11. The third-order valence-corrected chi connectivity index (χ3v) is 5.55. The number of ether oxygens (including phenoxy) is 10. The topological polar surface area (TPSA) is 121 Å². The van der Waals surface area contributed by atoms with E-state index in [4.69, 9.17) is 47.4 Å². The summed E-state index contributed by atoms with van der Waals surface area (Å²) in [6.45, 7) is 24.0. The first-order valence-corrected chi connectivity index (χ1v) is 16.1. The molecule has 0 aliphatic carbocycles. The van der Waals surface area contributed by atoms with Crippen LogP contribution in [0.4, 0.5) is 0 Å². The molecule has 0 saturated carbocycles. The molecule has 0 spiro atoms. The van der Waals surface area contributed by atoms with Crippen molar-refractivity contribution in [3.63, 3.8) is 0 Å². The van der Waals surface area contributed by atoms with Gasteiger partial charge in [0.15, 0.2) is 0 Å². The Labute approximate surface area is 267 Å². The van der Waals surface area contributed by atoms with Crippen LogP contribution in [0.3, 0.4) is 0 Å². The lowest BCUT2D eigenvalue weighted by atomic mass is 9.90. The van der Waals surface area contributed by atoms with Gasteiger partial charge in [0.2, 0.25) is 5.91 Å². The van der Waals surface area contributed by atoms with Gasteiger partial charge in [-0.2, -0.15) is 0 Å². The first kappa shape index (κ1) is 43.1. The number of hydrogen-bond donors (Lipinski definition) is 1. The van der Waals surface area contributed by atoms with Crippen molar-refractivity contribution in [2.45, 2.75) is 54.4 Å². The van der Waals surface area contributed by atoms with E-state index in [9.17, 15) is 4.79 Å². The lowest BCUT2D eigenvalue weighted by Gasteiger charge is -2.17. The maximum absolute atomic E-state index is 11.7. The maximum atomic E-state index is 11.7. The normalized spacial score (nSPS) is 12.2. The van der Waals surface area contributed by atoms with E-state index in [0.717, 1.165) is 13.0 Å². The van der Waals surface area contributed by atoms with Crippen molar-refractivity contribution in [2.75, 3.05) is 139 Å². The molecule has 264 valence electrons. The summed E-state index contributed by atoms with van der Waals surface area (Å²) >= 11 is 0. The molecule has 0 radical (unpaired) electrons. The van der Waals surface area contributed by atoms with Crippen LogP contribution in [0.1, 0.15) is 54.4 Å². The molecule has 0 aromatic rings. The highest BCUT2D eigenvalue weighted by Gasteiger charge is 2.12. The van der Waals surface area contributed by atoms with Crippen molar-refractivity contribution >= 4 is 5.91 Å². The highest BCUT2D eigenvalue weighted by molar-refractivity contribution is 5.75. The maximum Gasteiger partial charge on any atom is 0.220 e. The smallest absolute Gasteiger partial charge is 0.220 e. The molecule has 0 rings (SSSR count). The van der Waals surface area contributed by atoms with Gasteiger partial charge < -0.3 is 52.7 Å². The second kappa shape index (κ2) is 30.7.